The zero-order valence-corrected chi connectivity index (χ0v) is 14.3. The number of ether oxygens (including phenoxy) is 1. The van der Waals surface area contributed by atoms with Crippen molar-refractivity contribution in [3.05, 3.63) is 65.5 Å². The Balaban J connectivity index is 2.05. The van der Waals surface area contributed by atoms with E-state index in [0.717, 1.165) is 0 Å². The Kier molecular flexibility index (Phi) is 6.76. The molecule has 0 unspecified atom stereocenters. The summed E-state index contributed by atoms with van der Waals surface area (Å²) in [6.07, 6.45) is 0.530. The van der Waals surface area contributed by atoms with Gasteiger partial charge in [-0.2, -0.15) is 0 Å². The molecule has 140 valence electrons. The molecule has 0 aliphatic rings. The van der Waals surface area contributed by atoms with Crippen LogP contribution in [0.2, 0.25) is 0 Å². The summed E-state index contributed by atoms with van der Waals surface area (Å²) in [6, 6.07) is 10.8. The van der Waals surface area contributed by atoms with Gasteiger partial charge in [-0.05, 0) is 36.4 Å². The van der Waals surface area contributed by atoms with Crippen LogP contribution < -0.4 is 10.6 Å². The summed E-state index contributed by atoms with van der Waals surface area (Å²) >= 11 is 0. The fraction of sp³-hybridized carbons (Fsp3) is 0.158. The topological polar surface area (TPSA) is 107 Å². The van der Waals surface area contributed by atoms with E-state index in [4.69, 9.17) is 10.5 Å². The lowest BCUT2D eigenvalue weighted by molar-refractivity contribution is -0.121. The molecular weight excluding hydrogens is 355 g/mol. The molecule has 2 amide bonds. The lowest BCUT2D eigenvalue weighted by atomic mass is 10.1. The van der Waals surface area contributed by atoms with Gasteiger partial charge >= 0.3 is 5.97 Å². The van der Waals surface area contributed by atoms with E-state index in [9.17, 15) is 23.6 Å². The second-order valence-electron chi connectivity index (χ2n) is 5.55. The second-order valence-corrected chi connectivity index (χ2v) is 5.55. The predicted octanol–water partition coefficient (Wildman–Crippen LogP) is 1.70. The number of rotatable bonds is 8. The van der Waals surface area contributed by atoms with Crippen LogP contribution in [-0.4, -0.2) is 37.2 Å². The summed E-state index contributed by atoms with van der Waals surface area (Å²) < 4.78 is 18.1. The number of amides is 2. The number of halogens is 1. The van der Waals surface area contributed by atoms with Crippen molar-refractivity contribution < 1.29 is 28.3 Å². The first-order chi connectivity index (χ1) is 12.9. The zero-order chi connectivity index (χ0) is 19.8. The van der Waals surface area contributed by atoms with Gasteiger partial charge in [0.25, 0.3) is 5.91 Å². The summed E-state index contributed by atoms with van der Waals surface area (Å²) in [4.78, 5) is 47.3. The molecule has 2 rings (SSSR count). The number of esters is 1. The first-order valence-corrected chi connectivity index (χ1v) is 7.97. The third-order valence-corrected chi connectivity index (χ3v) is 3.63. The minimum atomic E-state index is -0.741. The Bertz CT molecular complexity index is 834. The Morgan fingerprint density at radius 3 is 2.22 bits per heavy atom. The van der Waals surface area contributed by atoms with Crippen molar-refractivity contribution in [3.63, 3.8) is 0 Å². The average Bonchev–Trinajstić information content (AvgIpc) is 2.67. The molecule has 0 atom stereocenters. The molecule has 2 N–H and O–H groups in total. The van der Waals surface area contributed by atoms with Crippen LogP contribution in [0.5, 0.6) is 0 Å². The number of nitrogens with zero attached hydrogens (tertiary/aromatic N) is 1. The number of aldehydes is 1. The third-order valence-electron chi connectivity index (χ3n) is 3.63. The van der Waals surface area contributed by atoms with Gasteiger partial charge in [0.15, 0.2) is 6.61 Å². The minimum absolute atomic E-state index is 0.0363. The number of carbonyl (C=O) groups is 4. The molecule has 0 heterocycles. The van der Waals surface area contributed by atoms with Crippen molar-refractivity contribution in [1.82, 2.24) is 0 Å². The summed E-state index contributed by atoms with van der Waals surface area (Å²) in [5, 5.41) is 0. The van der Waals surface area contributed by atoms with Crippen molar-refractivity contribution in [2.24, 2.45) is 5.73 Å². The molecule has 27 heavy (non-hydrogen) atoms. The maximum absolute atomic E-state index is 13.1. The van der Waals surface area contributed by atoms with Crippen LogP contribution in [0, 0.1) is 5.82 Å². The maximum Gasteiger partial charge on any atom is 0.338 e. The highest BCUT2D eigenvalue weighted by Crippen LogP contribution is 2.16. The lowest BCUT2D eigenvalue weighted by Gasteiger charge is -2.22. The normalized spacial score (nSPS) is 10.1. The van der Waals surface area contributed by atoms with Gasteiger partial charge in [-0.15, -0.1) is 0 Å². The van der Waals surface area contributed by atoms with Crippen molar-refractivity contribution in [1.29, 1.82) is 0 Å². The van der Waals surface area contributed by atoms with Crippen LogP contribution >= 0.6 is 0 Å². The SMILES string of the molecule is NC(=O)CCN(C(=O)COC(=O)c1ccc(C=O)cc1)c1ccc(F)cc1. The molecular formula is C19H17FN2O5. The van der Waals surface area contributed by atoms with Gasteiger partial charge in [-0.25, -0.2) is 9.18 Å². The number of nitrogens with two attached hydrogens (primary N) is 1. The molecule has 0 bridgehead atoms. The fourth-order valence-corrected chi connectivity index (χ4v) is 2.23. The molecule has 0 aliphatic heterocycles. The van der Waals surface area contributed by atoms with Crippen LogP contribution in [0.25, 0.3) is 0 Å². The van der Waals surface area contributed by atoms with Gasteiger partial charge in [0.05, 0.1) is 5.56 Å². The maximum atomic E-state index is 13.1. The second kappa shape index (κ2) is 9.23. The largest absolute Gasteiger partial charge is 0.452 e. The van der Waals surface area contributed by atoms with Crippen LogP contribution in [0.1, 0.15) is 27.1 Å². The number of anilines is 1. The molecule has 7 nitrogen and oxygen atoms in total. The van der Waals surface area contributed by atoms with Crippen LogP contribution in [0.15, 0.2) is 48.5 Å². The number of primary amides is 1. The summed E-state index contributed by atoms with van der Waals surface area (Å²) in [7, 11) is 0. The van der Waals surface area contributed by atoms with Gasteiger partial charge in [0.1, 0.15) is 12.1 Å². The van der Waals surface area contributed by atoms with Crippen molar-refractivity contribution in [2.75, 3.05) is 18.1 Å². The first kappa shape index (κ1) is 19.8. The predicted molar refractivity (Wildman–Crippen MR) is 94.7 cm³/mol. The Morgan fingerprint density at radius 2 is 1.67 bits per heavy atom. The quantitative estimate of drug-likeness (QED) is 0.561. The average molecular weight is 372 g/mol. The van der Waals surface area contributed by atoms with E-state index in [1.54, 1.807) is 0 Å². The molecule has 0 radical (unpaired) electrons. The molecule has 8 heteroatoms. The van der Waals surface area contributed by atoms with Gasteiger partial charge in [0.2, 0.25) is 5.91 Å². The van der Waals surface area contributed by atoms with Gasteiger partial charge in [-0.3, -0.25) is 14.4 Å². The highest BCUT2D eigenvalue weighted by atomic mass is 19.1. The lowest BCUT2D eigenvalue weighted by Crippen LogP contribution is -2.37. The standard InChI is InChI=1S/C19H17FN2O5/c20-15-5-7-16(8-6-15)22(10-9-17(21)24)18(25)12-27-19(26)14-3-1-13(11-23)2-4-14/h1-8,11H,9-10,12H2,(H2,21,24). The number of benzene rings is 2. The molecule has 0 saturated carbocycles. The highest BCUT2D eigenvalue weighted by Gasteiger charge is 2.19. The molecule has 0 spiro atoms. The number of hydrogen-bond donors (Lipinski definition) is 1. The van der Waals surface area contributed by atoms with E-state index in [-0.39, 0.29) is 18.5 Å². The van der Waals surface area contributed by atoms with E-state index >= 15 is 0 Å². The summed E-state index contributed by atoms with van der Waals surface area (Å²) in [5.41, 5.74) is 6.04. The number of carbonyl (C=O) groups excluding carboxylic acids is 4. The van der Waals surface area contributed by atoms with Crippen molar-refractivity contribution >= 4 is 29.8 Å². The van der Waals surface area contributed by atoms with Gasteiger partial charge in [-0.1, -0.05) is 12.1 Å². The van der Waals surface area contributed by atoms with E-state index in [2.05, 4.69) is 0 Å². The minimum Gasteiger partial charge on any atom is -0.452 e. The van der Waals surface area contributed by atoms with E-state index in [1.807, 2.05) is 0 Å². The summed E-state index contributed by atoms with van der Waals surface area (Å²) in [6.45, 7) is -0.615. The molecule has 2 aromatic rings. The number of hydrogen-bond acceptors (Lipinski definition) is 5. The van der Waals surface area contributed by atoms with E-state index in [0.29, 0.717) is 17.5 Å². The van der Waals surface area contributed by atoms with Crippen LogP contribution in [0.3, 0.4) is 0 Å². The van der Waals surface area contributed by atoms with Crippen LogP contribution in [0.4, 0.5) is 10.1 Å². The molecule has 0 saturated heterocycles. The fourth-order valence-electron chi connectivity index (χ4n) is 2.23. The first-order valence-electron chi connectivity index (χ1n) is 7.97. The van der Waals surface area contributed by atoms with Crippen LogP contribution in [-0.2, 0) is 14.3 Å². The zero-order valence-electron chi connectivity index (χ0n) is 14.3. The van der Waals surface area contributed by atoms with E-state index in [1.165, 1.54) is 53.4 Å². The highest BCUT2D eigenvalue weighted by molar-refractivity contribution is 5.97. The Morgan fingerprint density at radius 1 is 1.04 bits per heavy atom. The summed E-state index contributed by atoms with van der Waals surface area (Å²) in [5.74, 6) is -2.43. The van der Waals surface area contributed by atoms with Crippen molar-refractivity contribution in [2.45, 2.75) is 6.42 Å². The van der Waals surface area contributed by atoms with Crippen molar-refractivity contribution in [3.8, 4) is 0 Å². The Labute approximate surface area is 154 Å². The van der Waals surface area contributed by atoms with Gasteiger partial charge < -0.3 is 15.4 Å². The molecule has 0 fully saturated rings. The van der Waals surface area contributed by atoms with Gasteiger partial charge in [0, 0.05) is 24.2 Å². The monoisotopic (exact) mass is 372 g/mol. The molecule has 0 aromatic heterocycles. The Hall–Kier alpha value is -3.55. The third kappa shape index (κ3) is 5.74. The molecule has 0 aliphatic carbocycles. The smallest absolute Gasteiger partial charge is 0.338 e. The molecule has 2 aromatic carbocycles. The van der Waals surface area contributed by atoms with E-state index < -0.39 is 30.2 Å².